The van der Waals surface area contributed by atoms with E-state index in [1.54, 1.807) is 36.4 Å². The highest BCUT2D eigenvalue weighted by Crippen LogP contribution is 2.26. The number of hydrogen-bond acceptors (Lipinski definition) is 6. The minimum atomic E-state index is -0.841. The second-order valence-electron chi connectivity index (χ2n) is 6.85. The van der Waals surface area contributed by atoms with Gasteiger partial charge in [0.1, 0.15) is 11.9 Å². The van der Waals surface area contributed by atoms with E-state index in [-0.39, 0.29) is 24.1 Å². The first kappa shape index (κ1) is 19.9. The Morgan fingerprint density at radius 1 is 1.27 bits per heavy atom. The molecule has 1 N–H and O–H groups in total. The van der Waals surface area contributed by atoms with Gasteiger partial charge in [-0.2, -0.15) is 5.26 Å². The molecule has 1 saturated heterocycles. The number of anilines is 1. The van der Waals surface area contributed by atoms with Crippen molar-refractivity contribution in [3.05, 3.63) is 65.5 Å². The lowest BCUT2D eigenvalue weighted by Gasteiger charge is -2.24. The molecule has 2 atom stereocenters. The summed E-state index contributed by atoms with van der Waals surface area (Å²) >= 11 is 1.48. The first-order valence-electron chi connectivity index (χ1n) is 9.23. The minimum Gasteiger partial charge on any atom is -0.382 e. The third-order valence-electron chi connectivity index (χ3n) is 4.85. The van der Waals surface area contributed by atoms with Gasteiger partial charge in [0.15, 0.2) is 0 Å². The minimum absolute atomic E-state index is 0.216. The van der Waals surface area contributed by atoms with Gasteiger partial charge >= 0.3 is 0 Å². The Morgan fingerprint density at radius 2 is 2.07 bits per heavy atom. The summed E-state index contributed by atoms with van der Waals surface area (Å²) < 4.78 is 13.4. The predicted octanol–water partition coefficient (Wildman–Crippen LogP) is 2.73. The van der Waals surface area contributed by atoms with Crippen LogP contribution >= 0.6 is 11.8 Å². The molecule has 0 aliphatic carbocycles. The van der Waals surface area contributed by atoms with Crippen molar-refractivity contribution in [3.63, 3.8) is 0 Å². The van der Waals surface area contributed by atoms with Crippen LogP contribution in [0.15, 0.2) is 53.7 Å². The largest absolute Gasteiger partial charge is 0.382 e. The second-order valence-corrected chi connectivity index (χ2v) is 7.85. The normalized spacial score (nSPS) is 20.3. The smallest absolute Gasteiger partial charge is 0.268 e. The zero-order valence-corrected chi connectivity index (χ0v) is 16.6. The SMILES string of the molecule is N#Cc1ccc(NC(=O)C2CSCN2C(=O)C2CC(c3cccc(F)c3)=NO2)cc1. The molecule has 0 bridgehead atoms. The molecule has 2 aromatic rings. The number of nitrogens with one attached hydrogen (secondary N) is 1. The van der Waals surface area contributed by atoms with Gasteiger partial charge in [0.2, 0.25) is 12.0 Å². The first-order chi connectivity index (χ1) is 14.5. The fourth-order valence-electron chi connectivity index (χ4n) is 3.26. The van der Waals surface area contributed by atoms with E-state index in [1.807, 2.05) is 6.07 Å². The summed E-state index contributed by atoms with van der Waals surface area (Å²) in [6.45, 7) is 0. The maximum Gasteiger partial charge on any atom is 0.268 e. The molecule has 2 unspecified atom stereocenters. The highest BCUT2D eigenvalue weighted by Gasteiger charge is 2.40. The van der Waals surface area contributed by atoms with Crippen LogP contribution in [0.2, 0.25) is 0 Å². The number of amides is 2. The summed E-state index contributed by atoms with van der Waals surface area (Å²) in [6.07, 6.45) is -0.625. The average Bonchev–Trinajstić information content (AvgIpc) is 3.44. The number of rotatable bonds is 4. The first-order valence-corrected chi connectivity index (χ1v) is 10.4. The van der Waals surface area contributed by atoms with Crippen LogP contribution in [0.5, 0.6) is 0 Å². The van der Waals surface area contributed by atoms with Gasteiger partial charge in [-0.3, -0.25) is 9.59 Å². The van der Waals surface area contributed by atoms with E-state index in [2.05, 4.69) is 10.5 Å². The van der Waals surface area contributed by atoms with E-state index in [0.717, 1.165) is 0 Å². The molecule has 2 aromatic carbocycles. The molecule has 7 nitrogen and oxygen atoms in total. The van der Waals surface area contributed by atoms with Crippen molar-refractivity contribution in [1.82, 2.24) is 4.90 Å². The van der Waals surface area contributed by atoms with Crippen molar-refractivity contribution >= 4 is 35.0 Å². The van der Waals surface area contributed by atoms with Crippen LogP contribution in [0.3, 0.4) is 0 Å². The Morgan fingerprint density at radius 3 is 2.80 bits per heavy atom. The predicted molar refractivity (Wildman–Crippen MR) is 110 cm³/mol. The van der Waals surface area contributed by atoms with Crippen molar-refractivity contribution in [2.45, 2.75) is 18.6 Å². The molecule has 2 aliphatic heterocycles. The molecule has 2 heterocycles. The molecule has 0 saturated carbocycles. The van der Waals surface area contributed by atoms with Gasteiger partial charge in [-0.1, -0.05) is 17.3 Å². The summed E-state index contributed by atoms with van der Waals surface area (Å²) in [5, 5.41) is 15.6. The highest BCUT2D eigenvalue weighted by atomic mass is 32.2. The summed E-state index contributed by atoms with van der Waals surface area (Å²) in [5.74, 6) is -0.171. The molecule has 0 radical (unpaired) electrons. The number of carbonyl (C=O) groups is 2. The Balaban J connectivity index is 1.40. The van der Waals surface area contributed by atoms with Crippen LogP contribution in [-0.2, 0) is 14.4 Å². The molecule has 2 amide bonds. The Bertz CT molecular complexity index is 1050. The second kappa shape index (κ2) is 8.55. The molecule has 0 spiro atoms. The number of carbonyl (C=O) groups excluding carboxylic acids is 2. The molecule has 1 fully saturated rings. The van der Waals surface area contributed by atoms with Crippen LogP contribution in [0, 0.1) is 17.1 Å². The summed E-state index contributed by atoms with van der Waals surface area (Å²) in [7, 11) is 0. The highest BCUT2D eigenvalue weighted by molar-refractivity contribution is 7.99. The van der Waals surface area contributed by atoms with Crippen molar-refractivity contribution in [2.24, 2.45) is 5.16 Å². The van der Waals surface area contributed by atoms with Crippen LogP contribution in [0.4, 0.5) is 10.1 Å². The lowest BCUT2D eigenvalue weighted by Crippen LogP contribution is -2.48. The molecule has 152 valence electrons. The van der Waals surface area contributed by atoms with E-state index < -0.39 is 12.1 Å². The Labute approximate surface area is 176 Å². The molecule has 9 heteroatoms. The Kier molecular flexibility index (Phi) is 5.68. The fourth-order valence-corrected chi connectivity index (χ4v) is 4.43. The molecule has 30 heavy (non-hydrogen) atoms. The van der Waals surface area contributed by atoms with E-state index in [9.17, 15) is 14.0 Å². The van der Waals surface area contributed by atoms with Gasteiger partial charge < -0.3 is 15.1 Å². The number of halogens is 1. The van der Waals surface area contributed by atoms with Gasteiger partial charge in [0.25, 0.3) is 5.91 Å². The van der Waals surface area contributed by atoms with Gasteiger partial charge in [-0.25, -0.2) is 4.39 Å². The summed E-state index contributed by atoms with van der Waals surface area (Å²) in [5.41, 5.74) is 2.11. The lowest BCUT2D eigenvalue weighted by atomic mass is 10.0. The Hall–Kier alpha value is -3.38. The van der Waals surface area contributed by atoms with Crippen LogP contribution < -0.4 is 5.32 Å². The molecule has 0 aromatic heterocycles. The van der Waals surface area contributed by atoms with Crippen molar-refractivity contribution in [3.8, 4) is 6.07 Å². The standard InChI is InChI=1S/C21H17FN4O3S/c22-15-3-1-2-14(8-15)17-9-19(29-25-17)21(28)26-12-30-11-18(26)20(27)24-16-6-4-13(10-23)5-7-16/h1-8,18-19H,9,11-12H2,(H,24,27). The molecular weight excluding hydrogens is 407 g/mol. The van der Waals surface area contributed by atoms with Gasteiger partial charge in [-0.15, -0.1) is 11.8 Å². The van der Waals surface area contributed by atoms with E-state index in [4.69, 9.17) is 10.1 Å². The van der Waals surface area contributed by atoms with E-state index in [1.165, 1.54) is 28.8 Å². The van der Waals surface area contributed by atoms with E-state index >= 15 is 0 Å². The molecule has 2 aliphatic rings. The number of thioether (sulfide) groups is 1. The van der Waals surface area contributed by atoms with Crippen LogP contribution in [0.25, 0.3) is 0 Å². The monoisotopic (exact) mass is 424 g/mol. The van der Waals surface area contributed by atoms with Crippen LogP contribution in [0.1, 0.15) is 17.5 Å². The number of nitrogens with zero attached hydrogens (tertiary/aromatic N) is 3. The van der Waals surface area contributed by atoms with Crippen molar-refractivity contribution < 1.29 is 18.8 Å². The number of oxime groups is 1. The van der Waals surface area contributed by atoms with E-state index in [0.29, 0.717) is 34.2 Å². The quantitative estimate of drug-likeness (QED) is 0.814. The molecular formula is C21H17FN4O3S. The van der Waals surface area contributed by atoms with Crippen molar-refractivity contribution in [2.75, 3.05) is 16.9 Å². The fraction of sp³-hybridized carbons (Fsp3) is 0.238. The zero-order chi connectivity index (χ0) is 21.1. The summed E-state index contributed by atoms with van der Waals surface area (Å²) in [6, 6.07) is 13.8. The summed E-state index contributed by atoms with van der Waals surface area (Å²) in [4.78, 5) is 32.5. The average molecular weight is 424 g/mol. The number of nitriles is 1. The third kappa shape index (κ3) is 4.14. The zero-order valence-electron chi connectivity index (χ0n) is 15.7. The van der Waals surface area contributed by atoms with Gasteiger partial charge in [0, 0.05) is 23.4 Å². The topological polar surface area (TPSA) is 94.8 Å². The molecule has 4 rings (SSSR count). The van der Waals surface area contributed by atoms with Crippen molar-refractivity contribution in [1.29, 1.82) is 5.26 Å². The van der Waals surface area contributed by atoms with Gasteiger partial charge in [-0.05, 0) is 36.4 Å². The third-order valence-corrected chi connectivity index (χ3v) is 5.86. The number of hydrogen-bond donors (Lipinski definition) is 1. The van der Waals surface area contributed by atoms with Gasteiger partial charge in [0.05, 0.1) is 23.2 Å². The lowest BCUT2D eigenvalue weighted by molar-refractivity contribution is -0.145. The number of benzene rings is 2. The maximum absolute atomic E-state index is 13.4. The maximum atomic E-state index is 13.4. The van der Waals surface area contributed by atoms with Crippen LogP contribution in [-0.4, -0.2) is 46.2 Å².